The van der Waals surface area contributed by atoms with Gasteiger partial charge in [0.15, 0.2) is 0 Å². The number of ether oxygens (including phenoxy) is 1. The Balaban J connectivity index is 1.63. The summed E-state index contributed by atoms with van der Waals surface area (Å²) >= 11 is 0. The Morgan fingerprint density at radius 2 is 1.59 bits per heavy atom. The quantitative estimate of drug-likeness (QED) is 0.323. The number of benzene rings is 3. The fraction of sp³-hybridized carbons (Fsp3) is 0.250. The van der Waals surface area contributed by atoms with Crippen LogP contribution < -0.4 is 0 Å². The van der Waals surface area contributed by atoms with Crippen LogP contribution in [-0.4, -0.2) is 24.3 Å². The summed E-state index contributed by atoms with van der Waals surface area (Å²) in [5.74, 6) is -0.645. The van der Waals surface area contributed by atoms with E-state index in [1.807, 2.05) is 54.6 Å². The number of halogens is 1. The number of aliphatic hydroxyl groups excluding tert-OH is 1. The van der Waals surface area contributed by atoms with Crippen molar-refractivity contribution in [1.29, 1.82) is 0 Å². The van der Waals surface area contributed by atoms with Crippen LogP contribution in [0.1, 0.15) is 28.7 Å². The zero-order valence-electron chi connectivity index (χ0n) is 18.2. The Morgan fingerprint density at radius 1 is 0.906 bits per heavy atom. The van der Waals surface area contributed by atoms with Gasteiger partial charge in [0.05, 0.1) is 6.61 Å². The fourth-order valence-electron chi connectivity index (χ4n) is 3.73. The molecular weight excluding hydrogens is 403 g/mol. The van der Waals surface area contributed by atoms with E-state index in [1.165, 1.54) is 5.56 Å². The van der Waals surface area contributed by atoms with Gasteiger partial charge in [0.2, 0.25) is 0 Å². The maximum absolute atomic E-state index is 14.8. The molecule has 32 heavy (non-hydrogen) atoms. The van der Waals surface area contributed by atoms with Crippen molar-refractivity contribution >= 4 is 5.97 Å². The second-order valence-corrected chi connectivity index (χ2v) is 7.73. The van der Waals surface area contributed by atoms with E-state index in [2.05, 4.69) is 12.6 Å². The Bertz CT molecular complexity index is 1040. The zero-order chi connectivity index (χ0) is 22.8. The van der Waals surface area contributed by atoms with Crippen molar-refractivity contribution in [2.45, 2.75) is 32.1 Å². The highest BCUT2D eigenvalue weighted by molar-refractivity contribution is 5.81. The zero-order valence-corrected chi connectivity index (χ0v) is 18.2. The molecule has 0 bridgehead atoms. The topological polar surface area (TPSA) is 46.5 Å². The first-order chi connectivity index (χ1) is 15.6. The SMILES string of the molecule is C=CC(=O)OCCc1ccccc1CCc1ccc(-c2ccc(CCCO)cc2)c(F)c1. The molecule has 3 nitrogen and oxygen atoms in total. The van der Waals surface area contributed by atoms with Gasteiger partial charge in [-0.1, -0.05) is 67.2 Å². The average molecular weight is 433 g/mol. The van der Waals surface area contributed by atoms with Crippen LogP contribution >= 0.6 is 0 Å². The third kappa shape index (κ3) is 6.63. The monoisotopic (exact) mass is 432 g/mol. The van der Waals surface area contributed by atoms with Crippen LogP contribution in [0.2, 0.25) is 0 Å². The van der Waals surface area contributed by atoms with Crippen molar-refractivity contribution in [3.05, 3.63) is 107 Å². The molecule has 0 amide bonds. The fourth-order valence-corrected chi connectivity index (χ4v) is 3.73. The molecule has 0 radical (unpaired) electrons. The second kappa shape index (κ2) is 12.0. The number of hydrogen-bond acceptors (Lipinski definition) is 3. The first-order valence-corrected chi connectivity index (χ1v) is 11.0. The highest BCUT2D eigenvalue weighted by Gasteiger charge is 2.09. The van der Waals surface area contributed by atoms with E-state index in [0.29, 0.717) is 18.6 Å². The van der Waals surface area contributed by atoms with Crippen molar-refractivity contribution in [1.82, 2.24) is 0 Å². The molecule has 0 unspecified atom stereocenters. The van der Waals surface area contributed by atoms with Gasteiger partial charge in [-0.15, -0.1) is 0 Å². The smallest absolute Gasteiger partial charge is 0.330 e. The molecule has 4 heteroatoms. The summed E-state index contributed by atoms with van der Waals surface area (Å²) in [6, 6.07) is 21.3. The van der Waals surface area contributed by atoms with E-state index in [9.17, 15) is 9.18 Å². The molecule has 0 aliphatic carbocycles. The van der Waals surface area contributed by atoms with Gasteiger partial charge in [-0.05, 0) is 59.6 Å². The molecule has 0 saturated carbocycles. The molecule has 0 atom stereocenters. The van der Waals surface area contributed by atoms with Crippen LogP contribution in [0.15, 0.2) is 79.4 Å². The van der Waals surface area contributed by atoms with E-state index in [4.69, 9.17) is 9.84 Å². The number of aliphatic hydroxyl groups is 1. The molecule has 0 aliphatic heterocycles. The maximum Gasteiger partial charge on any atom is 0.330 e. The summed E-state index contributed by atoms with van der Waals surface area (Å²) in [7, 11) is 0. The van der Waals surface area contributed by atoms with Gasteiger partial charge in [0, 0.05) is 24.7 Å². The number of carbonyl (C=O) groups excluding carboxylic acids is 1. The van der Waals surface area contributed by atoms with E-state index >= 15 is 0 Å². The van der Waals surface area contributed by atoms with Gasteiger partial charge in [-0.25, -0.2) is 9.18 Å². The van der Waals surface area contributed by atoms with Crippen molar-refractivity contribution in [2.75, 3.05) is 13.2 Å². The van der Waals surface area contributed by atoms with Crippen LogP contribution in [-0.2, 0) is 35.2 Å². The minimum atomic E-state index is -0.419. The van der Waals surface area contributed by atoms with Crippen LogP contribution in [0.5, 0.6) is 0 Å². The predicted octanol–water partition coefficient (Wildman–Crippen LogP) is 5.47. The minimum absolute atomic E-state index is 0.172. The number of carbonyl (C=O) groups is 1. The lowest BCUT2D eigenvalue weighted by Crippen LogP contribution is -2.06. The van der Waals surface area contributed by atoms with E-state index in [0.717, 1.165) is 54.0 Å². The van der Waals surface area contributed by atoms with Crippen LogP contribution in [0.25, 0.3) is 11.1 Å². The van der Waals surface area contributed by atoms with Gasteiger partial charge in [0.1, 0.15) is 5.82 Å². The van der Waals surface area contributed by atoms with Crippen molar-refractivity contribution in [3.63, 3.8) is 0 Å². The minimum Gasteiger partial charge on any atom is -0.462 e. The Hall–Kier alpha value is -3.24. The molecule has 0 saturated heterocycles. The molecule has 0 aliphatic rings. The molecular formula is C28H29FO3. The highest BCUT2D eigenvalue weighted by Crippen LogP contribution is 2.25. The molecule has 3 aromatic rings. The van der Waals surface area contributed by atoms with E-state index in [1.54, 1.807) is 6.07 Å². The lowest BCUT2D eigenvalue weighted by atomic mass is 9.96. The summed E-state index contributed by atoms with van der Waals surface area (Å²) in [6.45, 7) is 3.88. The number of esters is 1. The van der Waals surface area contributed by atoms with Crippen molar-refractivity contribution in [3.8, 4) is 11.1 Å². The Labute approximate surface area is 189 Å². The van der Waals surface area contributed by atoms with E-state index < -0.39 is 5.97 Å². The molecule has 3 rings (SSSR count). The summed E-state index contributed by atoms with van der Waals surface area (Å²) in [6.07, 6.45) is 4.85. The Morgan fingerprint density at radius 3 is 2.25 bits per heavy atom. The van der Waals surface area contributed by atoms with Crippen LogP contribution in [0.4, 0.5) is 4.39 Å². The summed E-state index contributed by atoms with van der Waals surface area (Å²) in [4.78, 5) is 11.2. The average Bonchev–Trinajstić information content (AvgIpc) is 2.82. The normalized spacial score (nSPS) is 10.7. The van der Waals surface area contributed by atoms with Gasteiger partial charge < -0.3 is 9.84 Å². The van der Waals surface area contributed by atoms with Gasteiger partial charge in [-0.2, -0.15) is 0 Å². The van der Waals surface area contributed by atoms with Crippen molar-refractivity contribution < 1.29 is 19.0 Å². The van der Waals surface area contributed by atoms with Gasteiger partial charge >= 0.3 is 5.97 Å². The maximum atomic E-state index is 14.8. The molecule has 0 heterocycles. The first kappa shape index (κ1) is 23.4. The number of rotatable bonds is 11. The summed E-state index contributed by atoms with van der Waals surface area (Å²) in [5, 5.41) is 8.95. The highest BCUT2D eigenvalue weighted by atomic mass is 19.1. The summed E-state index contributed by atoms with van der Waals surface area (Å²) in [5.41, 5.74) is 5.82. The molecule has 0 spiro atoms. The first-order valence-electron chi connectivity index (χ1n) is 11.0. The standard InChI is InChI=1S/C28H29FO3/c1-2-28(31)32-19-17-24-8-4-3-7-23(24)13-11-22-12-16-26(27(29)20-22)25-14-9-21(10-15-25)6-5-18-30/h2-4,7-10,12,14-16,20,30H,1,5-6,11,13,17-19H2. The van der Waals surface area contributed by atoms with Crippen LogP contribution in [0, 0.1) is 5.82 Å². The molecule has 0 fully saturated rings. The van der Waals surface area contributed by atoms with E-state index in [-0.39, 0.29) is 12.4 Å². The lowest BCUT2D eigenvalue weighted by molar-refractivity contribution is -0.137. The molecule has 1 N–H and O–H groups in total. The predicted molar refractivity (Wildman–Crippen MR) is 126 cm³/mol. The third-order valence-electron chi connectivity index (χ3n) is 5.51. The summed E-state index contributed by atoms with van der Waals surface area (Å²) < 4.78 is 19.9. The Kier molecular flexibility index (Phi) is 8.76. The number of hydrogen-bond donors (Lipinski definition) is 1. The largest absolute Gasteiger partial charge is 0.462 e. The van der Waals surface area contributed by atoms with Gasteiger partial charge in [-0.3, -0.25) is 0 Å². The molecule has 0 aromatic heterocycles. The van der Waals surface area contributed by atoms with Crippen LogP contribution in [0.3, 0.4) is 0 Å². The molecule has 166 valence electrons. The third-order valence-corrected chi connectivity index (χ3v) is 5.51. The number of aryl methyl sites for hydroxylation is 3. The van der Waals surface area contributed by atoms with Crippen molar-refractivity contribution in [2.24, 2.45) is 0 Å². The second-order valence-electron chi connectivity index (χ2n) is 7.73. The lowest BCUT2D eigenvalue weighted by Gasteiger charge is -2.11. The van der Waals surface area contributed by atoms with Gasteiger partial charge in [0.25, 0.3) is 0 Å². The molecule has 3 aromatic carbocycles.